The van der Waals surface area contributed by atoms with E-state index in [4.69, 9.17) is 0 Å². The van der Waals surface area contributed by atoms with Crippen LogP contribution in [0, 0.1) is 12.8 Å². The number of carbonyl (C=O) groups is 1. The van der Waals surface area contributed by atoms with E-state index in [2.05, 4.69) is 5.32 Å². The van der Waals surface area contributed by atoms with Gasteiger partial charge in [-0.15, -0.1) is 0 Å². The molecule has 0 saturated carbocycles. The predicted molar refractivity (Wildman–Crippen MR) is 75.9 cm³/mol. The summed E-state index contributed by atoms with van der Waals surface area (Å²) in [5.41, 5.74) is 1.92. The van der Waals surface area contributed by atoms with E-state index >= 15 is 0 Å². The molecule has 0 atom stereocenters. The minimum absolute atomic E-state index is 0. The van der Waals surface area contributed by atoms with Crippen molar-refractivity contribution >= 4 is 5.78 Å². The third-order valence-electron chi connectivity index (χ3n) is 3.25. The lowest BCUT2D eigenvalue weighted by Gasteiger charge is -2.06. The summed E-state index contributed by atoms with van der Waals surface area (Å²) in [7, 11) is 0. The highest BCUT2D eigenvalue weighted by atomic mass is 35.5. The van der Waals surface area contributed by atoms with Gasteiger partial charge < -0.3 is 17.7 Å². The number of hydrogen-bond acceptors (Lipinski definition) is 1. The first kappa shape index (κ1) is 18.1. The summed E-state index contributed by atoms with van der Waals surface area (Å²) in [6, 6.07) is 7.71. The monoisotopic (exact) mass is 283 g/mol. The molecule has 1 aromatic carbocycles. The average Bonchev–Trinajstić information content (AvgIpc) is 2.41. The lowest BCUT2D eigenvalue weighted by molar-refractivity contribution is -0.662. The van der Waals surface area contributed by atoms with Crippen molar-refractivity contribution in [3.8, 4) is 0 Å². The quantitative estimate of drug-likeness (QED) is 0.735. The first-order valence-corrected chi connectivity index (χ1v) is 7.04. The number of aryl methyl sites for hydroxylation is 1. The number of carbonyl (C=O) groups excluding carboxylic acids is 1. The molecule has 1 heterocycles. The number of piperidine rings is 1. The van der Waals surface area contributed by atoms with Crippen LogP contribution in [-0.2, 0) is 0 Å². The molecule has 0 aromatic heterocycles. The normalized spacial score (nSPS) is 14.1. The van der Waals surface area contributed by atoms with Crippen LogP contribution in [0.15, 0.2) is 24.3 Å². The third-order valence-corrected chi connectivity index (χ3v) is 3.25. The third kappa shape index (κ3) is 6.74. The summed E-state index contributed by atoms with van der Waals surface area (Å²) in [5, 5.41) is 2.39. The van der Waals surface area contributed by atoms with Crippen molar-refractivity contribution in [1.82, 2.24) is 0 Å². The number of benzene rings is 1. The Hall–Kier alpha value is -0.860. The highest BCUT2D eigenvalue weighted by Crippen LogP contribution is 2.12. The molecule has 19 heavy (non-hydrogen) atoms. The first-order valence-electron chi connectivity index (χ1n) is 7.04. The van der Waals surface area contributed by atoms with E-state index in [1.54, 1.807) is 0 Å². The van der Waals surface area contributed by atoms with Gasteiger partial charge in [-0.2, -0.15) is 0 Å². The van der Waals surface area contributed by atoms with Crippen molar-refractivity contribution in [2.45, 2.75) is 40.0 Å². The molecule has 108 valence electrons. The van der Waals surface area contributed by atoms with Crippen LogP contribution >= 0.6 is 0 Å². The van der Waals surface area contributed by atoms with Crippen molar-refractivity contribution < 1.29 is 22.5 Å². The Kier molecular flexibility index (Phi) is 9.54. The number of Topliss-reactive ketones (excluding diaryl/α,β-unsaturated/α-hetero) is 1. The Bertz CT molecular complexity index is 361. The zero-order valence-corrected chi connectivity index (χ0v) is 13.0. The number of ketones is 1. The summed E-state index contributed by atoms with van der Waals surface area (Å²) < 4.78 is 0. The molecule has 0 radical (unpaired) electrons. The molecule has 0 amide bonds. The molecular weight excluding hydrogens is 258 g/mol. The fourth-order valence-corrected chi connectivity index (χ4v) is 2.06. The Balaban J connectivity index is 0.000000392. The first-order chi connectivity index (χ1) is 8.63. The van der Waals surface area contributed by atoms with Gasteiger partial charge in [-0.1, -0.05) is 38.1 Å². The van der Waals surface area contributed by atoms with E-state index in [0.717, 1.165) is 11.1 Å². The van der Waals surface area contributed by atoms with Gasteiger partial charge in [0.1, 0.15) is 0 Å². The standard InChI is InChI=1S/C11H14O.C5H11N.ClH/c1-8(2)11(12)10-7-5-4-6-9(10)3;1-2-4-6-5-3-1;/h4-8H,1-3H3;6H,1-5H2;1H. The number of nitrogens with two attached hydrogens (primary N) is 1. The van der Waals surface area contributed by atoms with Gasteiger partial charge in [0.25, 0.3) is 0 Å². The Morgan fingerprint density at radius 2 is 1.68 bits per heavy atom. The molecule has 2 N–H and O–H groups in total. The largest absolute Gasteiger partial charge is 1.00 e. The van der Waals surface area contributed by atoms with Gasteiger partial charge >= 0.3 is 0 Å². The fraction of sp³-hybridized carbons (Fsp3) is 0.562. The maximum Gasteiger partial charge on any atom is 0.165 e. The second-order valence-corrected chi connectivity index (χ2v) is 5.26. The van der Waals surface area contributed by atoms with E-state index in [1.807, 2.05) is 45.0 Å². The molecule has 1 saturated heterocycles. The lowest BCUT2D eigenvalue weighted by Crippen LogP contribution is -3.00. The van der Waals surface area contributed by atoms with E-state index in [9.17, 15) is 4.79 Å². The Morgan fingerprint density at radius 1 is 1.11 bits per heavy atom. The molecule has 1 aliphatic heterocycles. The van der Waals surface area contributed by atoms with Crippen molar-refractivity contribution in [2.75, 3.05) is 13.1 Å². The molecule has 2 rings (SSSR count). The molecule has 2 nitrogen and oxygen atoms in total. The molecule has 0 unspecified atom stereocenters. The second kappa shape index (κ2) is 9.99. The number of hydrogen-bond donors (Lipinski definition) is 1. The van der Waals surface area contributed by atoms with Gasteiger partial charge in [-0.3, -0.25) is 4.79 Å². The smallest absolute Gasteiger partial charge is 0.165 e. The van der Waals surface area contributed by atoms with Gasteiger partial charge in [0.15, 0.2) is 5.78 Å². The van der Waals surface area contributed by atoms with Crippen molar-refractivity contribution in [1.29, 1.82) is 0 Å². The van der Waals surface area contributed by atoms with Crippen LogP contribution < -0.4 is 17.7 Å². The number of quaternary nitrogens is 1. The minimum atomic E-state index is 0. The van der Waals surface area contributed by atoms with Crippen molar-refractivity contribution in [2.24, 2.45) is 5.92 Å². The van der Waals surface area contributed by atoms with Crippen molar-refractivity contribution in [3.05, 3.63) is 35.4 Å². The van der Waals surface area contributed by atoms with Crippen LogP contribution in [0.25, 0.3) is 0 Å². The van der Waals surface area contributed by atoms with Crippen LogP contribution in [0.5, 0.6) is 0 Å². The molecule has 0 spiro atoms. The zero-order valence-electron chi connectivity index (χ0n) is 12.3. The zero-order chi connectivity index (χ0) is 13.4. The summed E-state index contributed by atoms with van der Waals surface area (Å²) in [5.74, 6) is 0.319. The van der Waals surface area contributed by atoms with Gasteiger partial charge in [0.05, 0.1) is 13.1 Å². The van der Waals surface area contributed by atoms with Crippen molar-refractivity contribution in [3.63, 3.8) is 0 Å². The maximum atomic E-state index is 11.6. The Morgan fingerprint density at radius 3 is 2.05 bits per heavy atom. The molecular formula is C16H26ClNO. The second-order valence-electron chi connectivity index (χ2n) is 5.26. The van der Waals surface area contributed by atoms with Gasteiger partial charge in [-0.25, -0.2) is 0 Å². The van der Waals surface area contributed by atoms with Crippen LogP contribution in [0.1, 0.15) is 49.0 Å². The van der Waals surface area contributed by atoms with Crippen LogP contribution in [-0.4, -0.2) is 18.9 Å². The lowest BCUT2D eigenvalue weighted by atomic mass is 9.97. The fourth-order valence-electron chi connectivity index (χ4n) is 2.06. The highest BCUT2D eigenvalue weighted by Gasteiger charge is 2.11. The number of rotatable bonds is 2. The van der Waals surface area contributed by atoms with Gasteiger partial charge in [0, 0.05) is 11.5 Å². The molecule has 1 aliphatic rings. The predicted octanol–water partition coefficient (Wildman–Crippen LogP) is -0.429. The van der Waals surface area contributed by atoms with E-state index < -0.39 is 0 Å². The summed E-state index contributed by atoms with van der Waals surface area (Å²) in [6.45, 7) is 8.57. The molecule has 1 fully saturated rings. The van der Waals surface area contributed by atoms with Crippen LogP contribution in [0.3, 0.4) is 0 Å². The topological polar surface area (TPSA) is 33.7 Å². The minimum Gasteiger partial charge on any atom is -1.00 e. The highest BCUT2D eigenvalue weighted by molar-refractivity contribution is 5.98. The van der Waals surface area contributed by atoms with Gasteiger partial charge in [0.2, 0.25) is 0 Å². The van der Waals surface area contributed by atoms with Crippen LogP contribution in [0.2, 0.25) is 0 Å². The molecule has 3 heteroatoms. The van der Waals surface area contributed by atoms with E-state index in [0.29, 0.717) is 0 Å². The maximum absolute atomic E-state index is 11.6. The molecule has 0 bridgehead atoms. The summed E-state index contributed by atoms with van der Waals surface area (Å²) >= 11 is 0. The average molecular weight is 284 g/mol. The number of halogens is 1. The SMILES string of the molecule is C1CC[NH2+]CC1.Cc1ccccc1C(=O)C(C)C.[Cl-]. The molecule has 0 aliphatic carbocycles. The van der Waals surface area contributed by atoms with Gasteiger partial charge in [-0.05, 0) is 31.7 Å². The summed E-state index contributed by atoms with van der Waals surface area (Å²) in [4.78, 5) is 11.6. The van der Waals surface area contributed by atoms with E-state index in [1.165, 1.54) is 32.4 Å². The molecule has 1 aromatic rings. The summed E-state index contributed by atoms with van der Waals surface area (Å²) in [6.07, 6.45) is 4.36. The van der Waals surface area contributed by atoms with E-state index in [-0.39, 0.29) is 24.1 Å². The van der Waals surface area contributed by atoms with Crippen LogP contribution in [0.4, 0.5) is 0 Å². The Labute approximate surface area is 123 Å².